The maximum absolute atomic E-state index is 12.5. The smallest absolute Gasteiger partial charge is 0.246 e. The van der Waals surface area contributed by atoms with Crippen LogP contribution in [0.3, 0.4) is 0 Å². The molecule has 20 heavy (non-hydrogen) atoms. The number of rotatable bonds is 4. The third kappa shape index (κ3) is 3.29. The number of para-hydroxylation sites is 1. The molecule has 2 rings (SSSR count). The van der Waals surface area contributed by atoms with Crippen LogP contribution in [0.2, 0.25) is 0 Å². The van der Waals surface area contributed by atoms with Crippen LogP contribution in [0.25, 0.3) is 0 Å². The molecule has 1 saturated heterocycles. The van der Waals surface area contributed by atoms with Crippen LogP contribution in [-0.2, 0) is 10.0 Å². The van der Waals surface area contributed by atoms with Crippen LogP contribution in [-0.4, -0.2) is 67.2 Å². The Labute approximate surface area is 119 Å². The molecule has 0 saturated carbocycles. The maximum Gasteiger partial charge on any atom is 0.246 e. The van der Waals surface area contributed by atoms with Gasteiger partial charge in [-0.05, 0) is 25.1 Å². The van der Waals surface area contributed by atoms with E-state index in [4.69, 9.17) is 5.11 Å². The fraction of sp³-hybridized carbons (Fsp3) is 0.538. The third-order valence-corrected chi connectivity index (χ3v) is 5.39. The number of aliphatic hydroxyl groups is 1. The highest BCUT2D eigenvalue weighted by atomic mass is 32.2. The number of aliphatic hydroxyl groups excluding tert-OH is 1. The second-order valence-electron chi connectivity index (χ2n) is 4.79. The first-order valence-corrected chi connectivity index (χ1v) is 8.11. The summed E-state index contributed by atoms with van der Waals surface area (Å²) in [5.41, 5.74) is 0. The van der Waals surface area contributed by atoms with Gasteiger partial charge < -0.3 is 10.2 Å². The summed E-state index contributed by atoms with van der Waals surface area (Å²) in [5.74, 6) is -0.219. The van der Waals surface area contributed by atoms with Gasteiger partial charge in [-0.3, -0.25) is 4.90 Å². The molecular formula is C13H20N2O4S. The van der Waals surface area contributed by atoms with E-state index in [9.17, 15) is 13.5 Å². The van der Waals surface area contributed by atoms with Gasteiger partial charge in [-0.1, -0.05) is 12.1 Å². The molecule has 2 N–H and O–H groups in total. The number of β-amino-alcohol motifs (C(OH)–C–C–N with tert-alkyl or cyclic N) is 1. The molecule has 0 unspecified atom stereocenters. The van der Waals surface area contributed by atoms with Gasteiger partial charge in [-0.2, -0.15) is 4.31 Å². The van der Waals surface area contributed by atoms with Gasteiger partial charge in [0.15, 0.2) is 0 Å². The van der Waals surface area contributed by atoms with Crippen LogP contribution in [0.4, 0.5) is 0 Å². The number of phenolic OH excluding ortho intramolecular Hbond substituents is 1. The van der Waals surface area contributed by atoms with E-state index < -0.39 is 10.0 Å². The van der Waals surface area contributed by atoms with Gasteiger partial charge in [0, 0.05) is 26.2 Å². The van der Waals surface area contributed by atoms with Gasteiger partial charge in [-0.25, -0.2) is 8.42 Å². The van der Waals surface area contributed by atoms with Crippen molar-refractivity contribution >= 4 is 10.0 Å². The molecule has 0 amide bonds. The lowest BCUT2D eigenvalue weighted by Crippen LogP contribution is -2.35. The number of aromatic hydroxyl groups is 1. The van der Waals surface area contributed by atoms with Crippen molar-refractivity contribution in [1.29, 1.82) is 0 Å². The maximum atomic E-state index is 12.5. The molecule has 6 nitrogen and oxygen atoms in total. The normalized spacial score (nSPS) is 18.9. The van der Waals surface area contributed by atoms with E-state index in [0.717, 1.165) is 6.54 Å². The number of nitrogens with zero attached hydrogens (tertiary/aromatic N) is 2. The SMILES string of the molecule is O=S(=O)(c1ccccc1O)N1CCCN(CCO)CC1. The molecule has 1 heterocycles. The molecule has 1 fully saturated rings. The first kappa shape index (κ1) is 15.2. The molecule has 1 aliphatic rings. The molecule has 112 valence electrons. The molecule has 7 heteroatoms. The Kier molecular flexibility index (Phi) is 4.98. The third-order valence-electron chi connectivity index (χ3n) is 3.45. The quantitative estimate of drug-likeness (QED) is 0.823. The molecule has 0 aliphatic carbocycles. The fourth-order valence-electron chi connectivity index (χ4n) is 2.37. The van der Waals surface area contributed by atoms with Crippen LogP contribution >= 0.6 is 0 Å². The molecule has 1 aliphatic heterocycles. The zero-order valence-electron chi connectivity index (χ0n) is 11.3. The van der Waals surface area contributed by atoms with Crippen molar-refractivity contribution in [2.45, 2.75) is 11.3 Å². The van der Waals surface area contributed by atoms with Crippen LogP contribution in [0, 0.1) is 0 Å². The van der Waals surface area contributed by atoms with Gasteiger partial charge in [0.2, 0.25) is 10.0 Å². The molecule has 0 aromatic heterocycles. The zero-order valence-corrected chi connectivity index (χ0v) is 12.1. The first-order chi connectivity index (χ1) is 9.55. The minimum atomic E-state index is -3.66. The van der Waals surface area contributed by atoms with Crippen LogP contribution < -0.4 is 0 Å². The Morgan fingerprint density at radius 2 is 1.85 bits per heavy atom. The number of phenols is 1. The van der Waals surface area contributed by atoms with Gasteiger partial charge in [0.25, 0.3) is 0 Å². The van der Waals surface area contributed by atoms with E-state index in [2.05, 4.69) is 0 Å². The fourth-order valence-corrected chi connectivity index (χ4v) is 3.92. The molecule has 0 spiro atoms. The van der Waals surface area contributed by atoms with Gasteiger partial charge in [0.1, 0.15) is 10.6 Å². The zero-order chi connectivity index (χ0) is 14.6. The van der Waals surface area contributed by atoms with Crippen molar-refractivity contribution in [3.8, 4) is 5.75 Å². The van der Waals surface area contributed by atoms with E-state index in [1.165, 1.54) is 16.4 Å². The minimum absolute atomic E-state index is 0.0457. The summed E-state index contributed by atoms with van der Waals surface area (Å²) in [6.07, 6.45) is 0.715. The van der Waals surface area contributed by atoms with Crippen molar-refractivity contribution in [1.82, 2.24) is 9.21 Å². The van der Waals surface area contributed by atoms with Gasteiger partial charge in [-0.15, -0.1) is 0 Å². The number of benzene rings is 1. The minimum Gasteiger partial charge on any atom is -0.507 e. The standard InChI is InChI=1S/C13H20N2O4S/c16-11-10-14-6-3-7-15(9-8-14)20(18,19)13-5-2-1-4-12(13)17/h1-2,4-5,16-17H,3,6-11H2. The largest absolute Gasteiger partial charge is 0.507 e. The highest BCUT2D eigenvalue weighted by Crippen LogP contribution is 2.25. The van der Waals surface area contributed by atoms with Gasteiger partial charge >= 0.3 is 0 Å². The van der Waals surface area contributed by atoms with E-state index in [-0.39, 0.29) is 17.3 Å². The van der Waals surface area contributed by atoms with Crippen molar-refractivity contribution < 1.29 is 18.6 Å². The number of hydrogen-bond donors (Lipinski definition) is 2. The van der Waals surface area contributed by atoms with Gasteiger partial charge in [0.05, 0.1) is 6.61 Å². The summed E-state index contributed by atoms with van der Waals surface area (Å²) in [7, 11) is -3.66. The monoisotopic (exact) mass is 300 g/mol. The second-order valence-corrected chi connectivity index (χ2v) is 6.70. The molecule has 0 atom stereocenters. The summed E-state index contributed by atoms with van der Waals surface area (Å²) < 4.78 is 26.4. The van der Waals surface area contributed by atoms with Crippen LogP contribution in [0.15, 0.2) is 29.2 Å². The summed E-state index contributed by atoms with van der Waals surface area (Å²) in [6.45, 7) is 2.80. The average molecular weight is 300 g/mol. The molecule has 0 radical (unpaired) electrons. The Bertz CT molecular complexity index is 547. The predicted molar refractivity (Wildman–Crippen MR) is 75.0 cm³/mol. The predicted octanol–water partition coefficient (Wildman–Crippen LogP) is 0.0809. The lowest BCUT2D eigenvalue weighted by molar-refractivity contribution is 0.202. The molecule has 1 aromatic rings. The Morgan fingerprint density at radius 1 is 1.10 bits per heavy atom. The lowest BCUT2D eigenvalue weighted by Gasteiger charge is -2.21. The van der Waals surface area contributed by atoms with Crippen molar-refractivity contribution in [3.05, 3.63) is 24.3 Å². The van der Waals surface area contributed by atoms with Crippen LogP contribution in [0.5, 0.6) is 5.75 Å². The van der Waals surface area contributed by atoms with E-state index in [1.807, 2.05) is 4.90 Å². The summed E-state index contributed by atoms with van der Waals surface area (Å²) in [6, 6.07) is 5.99. The summed E-state index contributed by atoms with van der Waals surface area (Å²) in [4.78, 5) is 2.00. The first-order valence-electron chi connectivity index (χ1n) is 6.67. The van der Waals surface area contributed by atoms with Crippen molar-refractivity contribution in [2.75, 3.05) is 39.3 Å². The number of sulfonamides is 1. The summed E-state index contributed by atoms with van der Waals surface area (Å²) in [5, 5.41) is 18.7. The Balaban J connectivity index is 2.16. The Morgan fingerprint density at radius 3 is 2.55 bits per heavy atom. The lowest BCUT2D eigenvalue weighted by atomic mass is 10.3. The molecular weight excluding hydrogens is 280 g/mol. The molecule has 0 bridgehead atoms. The molecule has 1 aromatic carbocycles. The Hall–Kier alpha value is -1.15. The van der Waals surface area contributed by atoms with Crippen molar-refractivity contribution in [2.24, 2.45) is 0 Å². The van der Waals surface area contributed by atoms with E-state index in [1.54, 1.807) is 12.1 Å². The highest BCUT2D eigenvalue weighted by Gasteiger charge is 2.28. The van der Waals surface area contributed by atoms with Crippen LogP contribution in [0.1, 0.15) is 6.42 Å². The summed E-state index contributed by atoms with van der Waals surface area (Å²) >= 11 is 0. The van der Waals surface area contributed by atoms with E-state index >= 15 is 0 Å². The highest BCUT2D eigenvalue weighted by molar-refractivity contribution is 7.89. The second kappa shape index (κ2) is 6.53. The average Bonchev–Trinajstić information content (AvgIpc) is 2.65. The topological polar surface area (TPSA) is 81.1 Å². The number of hydrogen-bond acceptors (Lipinski definition) is 5. The van der Waals surface area contributed by atoms with Crippen molar-refractivity contribution in [3.63, 3.8) is 0 Å². The van der Waals surface area contributed by atoms with E-state index in [0.29, 0.717) is 32.6 Å².